The first-order chi connectivity index (χ1) is 22.1. The Bertz CT molecular complexity index is 1970. The van der Waals surface area contributed by atoms with Crippen molar-refractivity contribution in [2.45, 2.75) is 62.3 Å². The van der Waals surface area contributed by atoms with E-state index < -0.39 is 28.9 Å². The lowest BCUT2D eigenvalue weighted by Crippen LogP contribution is -2.58. The molecule has 7 nitrogen and oxygen atoms in total. The summed E-state index contributed by atoms with van der Waals surface area (Å²) < 4.78 is 54.1. The van der Waals surface area contributed by atoms with Crippen LogP contribution >= 0.6 is 11.6 Å². The van der Waals surface area contributed by atoms with Gasteiger partial charge in [-0.3, -0.25) is 4.90 Å². The van der Waals surface area contributed by atoms with Crippen LogP contribution in [-0.2, 0) is 0 Å². The minimum atomic E-state index is -0.973. The molecule has 238 valence electrons. The van der Waals surface area contributed by atoms with Gasteiger partial charge in [0, 0.05) is 59.5 Å². The largest absolute Gasteiger partial charge is 0.506 e. The predicted molar refractivity (Wildman–Crippen MR) is 172 cm³/mol. The van der Waals surface area contributed by atoms with Crippen LogP contribution < -0.4 is 15.0 Å². The van der Waals surface area contributed by atoms with E-state index in [0.29, 0.717) is 48.2 Å². The fourth-order valence-electron chi connectivity index (χ4n) is 8.42. The summed E-state index contributed by atoms with van der Waals surface area (Å²) in [5.41, 5.74) is -0.937. The third-order valence-electron chi connectivity index (χ3n) is 10.4. The molecule has 4 atom stereocenters. The van der Waals surface area contributed by atoms with Crippen LogP contribution in [0, 0.1) is 24.0 Å². The van der Waals surface area contributed by atoms with Gasteiger partial charge in [-0.05, 0) is 62.7 Å². The van der Waals surface area contributed by atoms with Crippen molar-refractivity contribution in [3.63, 3.8) is 0 Å². The summed E-state index contributed by atoms with van der Waals surface area (Å²) in [6.07, 6.45) is 8.89. The van der Waals surface area contributed by atoms with E-state index in [4.69, 9.17) is 27.7 Å². The molecular weight excluding hydrogens is 615 g/mol. The number of phenolic OH excluding ortho intramolecular Hbond substituents is 1. The van der Waals surface area contributed by atoms with Crippen molar-refractivity contribution >= 4 is 39.1 Å². The van der Waals surface area contributed by atoms with Gasteiger partial charge in [-0.1, -0.05) is 29.7 Å². The number of benzene rings is 3. The van der Waals surface area contributed by atoms with Gasteiger partial charge in [0.1, 0.15) is 35.7 Å². The van der Waals surface area contributed by atoms with Gasteiger partial charge in [0.2, 0.25) is 0 Å². The van der Waals surface area contributed by atoms with E-state index in [1.54, 1.807) is 18.2 Å². The highest BCUT2D eigenvalue weighted by Crippen LogP contribution is 2.47. The molecule has 1 unspecified atom stereocenters. The van der Waals surface area contributed by atoms with Crippen molar-refractivity contribution in [2.24, 2.45) is 0 Å². The molecule has 4 aliphatic rings. The highest BCUT2D eigenvalue weighted by Gasteiger charge is 2.49. The Balaban J connectivity index is 1.32. The number of aromatic nitrogens is 2. The maximum Gasteiger partial charge on any atom is 0.319 e. The van der Waals surface area contributed by atoms with Crippen molar-refractivity contribution in [3.05, 3.63) is 52.6 Å². The SMILES string of the molecule is C#Cc1cccc2cc(O)c(Cl)c(-c3c(F)cc4c(N5CC6CC[C@@](C)(C5)N6)nc(OC[C@@]56CCCN5C[C@H](F)C6)nc4c3F)c12. The van der Waals surface area contributed by atoms with Crippen molar-refractivity contribution in [1.82, 2.24) is 20.2 Å². The fourth-order valence-corrected chi connectivity index (χ4v) is 8.66. The van der Waals surface area contributed by atoms with Gasteiger partial charge in [0.15, 0.2) is 5.82 Å². The first-order valence-corrected chi connectivity index (χ1v) is 16.1. The summed E-state index contributed by atoms with van der Waals surface area (Å²) in [6, 6.07) is 7.83. The van der Waals surface area contributed by atoms with Crippen molar-refractivity contribution in [1.29, 1.82) is 0 Å². The highest BCUT2D eigenvalue weighted by molar-refractivity contribution is 6.37. The molecule has 4 saturated heterocycles. The Morgan fingerprint density at radius 1 is 1.20 bits per heavy atom. The highest BCUT2D eigenvalue weighted by atomic mass is 35.5. The number of ether oxygens (including phenoxy) is 1. The van der Waals surface area contributed by atoms with E-state index in [1.165, 1.54) is 12.1 Å². The zero-order valence-electron chi connectivity index (χ0n) is 25.3. The lowest BCUT2D eigenvalue weighted by Gasteiger charge is -2.40. The third-order valence-corrected chi connectivity index (χ3v) is 10.8. The molecule has 46 heavy (non-hydrogen) atoms. The van der Waals surface area contributed by atoms with Gasteiger partial charge in [0.25, 0.3) is 0 Å². The van der Waals surface area contributed by atoms with Gasteiger partial charge >= 0.3 is 6.01 Å². The summed E-state index contributed by atoms with van der Waals surface area (Å²) >= 11 is 6.59. The lowest BCUT2D eigenvalue weighted by atomic mass is 9.92. The Hall–Kier alpha value is -3.78. The van der Waals surface area contributed by atoms with Gasteiger partial charge in [-0.2, -0.15) is 9.97 Å². The molecule has 4 fully saturated rings. The van der Waals surface area contributed by atoms with Crippen LogP contribution in [0.1, 0.15) is 44.6 Å². The second-order valence-corrected chi connectivity index (χ2v) is 14.0. The van der Waals surface area contributed by atoms with E-state index in [-0.39, 0.29) is 51.4 Å². The number of nitrogens with one attached hydrogen (secondary N) is 1. The van der Waals surface area contributed by atoms with Gasteiger partial charge in [-0.15, -0.1) is 6.42 Å². The molecule has 2 bridgehead atoms. The molecule has 0 radical (unpaired) electrons. The molecule has 3 aromatic carbocycles. The molecule has 5 heterocycles. The summed E-state index contributed by atoms with van der Waals surface area (Å²) in [5.74, 6) is 0.739. The number of phenols is 1. The number of anilines is 1. The number of fused-ring (bicyclic) bond motifs is 5. The molecule has 11 heteroatoms. The molecule has 2 N–H and O–H groups in total. The molecule has 1 aromatic heterocycles. The second-order valence-electron chi connectivity index (χ2n) is 13.6. The smallest absolute Gasteiger partial charge is 0.319 e. The molecule has 0 amide bonds. The monoisotopic (exact) mass is 647 g/mol. The number of hydrogen-bond acceptors (Lipinski definition) is 7. The molecular formula is C35H33ClF3N5O2. The van der Waals surface area contributed by atoms with E-state index in [1.807, 2.05) is 4.90 Å². The second kappa shape index (κ2) is 10.6. The van der Waals surface area contributed by atoms with Crippen LogP contribution in [0.25, 0.3) is 32.8 Å². The number of terminal acetylenes is 1. The van der Waals surface area contributed by atoms with Crippen LogP contribution in [0.5, 0.6) is 11.8 Å². The maximum absolute atomic E-state index is 17.0. The average Bonchev–Trinajstić information content (AvgIpc) is 3.65. The lowest BCUT2D eigenvalue weighted by molar-refractivity contribution is 0.107. The summed E-state index contributed by atoms with van der Waals surface area (Å²) in [5, 5.41) is 15.1. The van der Waals surface area contributed by atoms with Gasteiger partial charge in [-0.25, -0.2) is 13.2 Å². The van der Waals surface area contributed by atoms with E-state index in [2.05, 4.69) is 28.0 Å². The van der Waals surface area contributed by atoms with Gasteiger partial charge < -0.3 is 20.1 Å². The van der Waals surface area contributed by atoms with Crippen LogP contribution in [0.4, 0.5) is 19.0 Å². The zero-order valence-corrected chi connectivity index (χ0v) is 26.1. The van der Waals surface area contributed by atoms with E-state index in [9.17, 15) is 9.50 Å². The molecule has 0 aliphatic carbocycles. The number of aromatic hydroxyl groups is 1. The Labute approximate surface area is 269 Å². The normalized spacial score (nSPS) is 27.4. The quantitative estimate of drug-likeness (QED) is 0.245. The predicted octanol–water partition coefficient (Wildman–Crippen LogP) is 6.35. The first kappa shape index (κ1) is 29.6. The number of rotatable bonds is 5. The minimum Gasteiger partial charge on any atom is -0.506 e. The number of nitrogens with zero attached hydrogens (tertiary/aromatic N) is 4. The summed E-state index contributed by atoms with van der Waals surface area (Å²) in [4.78, 5) is 13.5. The zero-order chi connectivity index (χ0) is 32.0. The molecule has 8 rings (SSSR count). The summed E-state index contributed by atoms with van der Waals surface area (Å²) in [6.45, 7) is 4.63. The molecule has 0 saturated carbocycles. The van der Waals surface area contributed by atoms with Crippen LogP contribution in [0.15, 0.2) is 30.3 Å². The molecule has 0 spiro atoms. The number of piperazine rings is 1. The van der Waals surface area contributed by atoms with E-state index in [0.717, 1.165) is 32.2 Å². The average molecular weight is 648 g/mol. The molecule has 4 aliphatic heterocycles. The Kier molecular flexibility index (Phi) is 6.84. The van der Waals surface area contributed by atoms with Crippen LogP contribution in [-0.4, -0.2) is 76.1 Å². The van der Waals surface area contributed by atoms with Crippen LogP contribution in [0.2, 0.25) is 5.02 Å². The Morgan fingerprint density at radius 3 is 2.85 bits per heavy atom. The van der Waals surface area contributed by atoms with Crippen molar-refractivity contribution < 1.29 is 23.0 Å². The maximum atomic E-state index is 17.0. The Morgan fingerprint density at radius 2 is 2.04 bits per heavy atom. The molecule has 4 aromatic rings. The fraction of sp³-hybridized carbons (Fsp3) is 0.429. The van der Waals surface area contributed by atoms with Crippen molar-refractivity contribution in [2.75, 3.05) is 37.7 Å². The number of alkyl halides is 1. The summed E-state index contributed by atoms with van der Waals surface area (Å²) in [7, 11) is 0. The standard InChI is InChI=1S/C35H33ClF3N5O2/c1-3-19-6-4-7-20-12-25(45)29(36)28(26(19)20)27-24(38)13-23-31(30(27)39)40-33(46-18-35-9-5-11-44(35)15-21(37)14-35)41-32(23)43-16-22-8-10-34(2,17-43)42-22/h1,4,6-7,12-13,21-22,42,45H,5,8-11,14-18H2,2H3/t21-,22?,34+,35+/m1/s1. The van der Waals surface area contributed by atoms with Crippen LogP contribution in [0.3, 0.4) is 0 Å². The third kappa shape index (κ3) is 4.58. The van der Waals surface area contributed by atoms with E-state index >= 15 is 8.78 Å². The number of hydrogen-bond donors (Lipinski definition) is 2. The van der Waals surface area contributed by atoms with Gasteiger partial charge in [0.05, 0.1) is 16.1 Å². The van der Waals surface area contributed by atoms with Crippen molar-refractivity contribution in [3.8, 4) is 35.2 Å². The topological polar surface area (TPSA) is 73.8 Å². The first-order valence-electron chi connectivity index (χ1n) is 15.7. The number of halogens is 4. The minimum absolute atomic E-state index is 0.0575.